The highest BCUT2D eigenvalue weighted by Gasteiger charge is 2.29. The molecule has 2 heterocycles. The van der Waals surface area contributed by atoms with Gasteiger partial charge < -0.3 is 5.32 Å². The van der Waals surface area contributed by atoms with Gasteiger partial charge in [0.05, 0.1) is 0 Å². The van der Waals surface area contributed by atoms with Gasteiger partial charge in [-0.2, -0.15) is 0 Å². The van der Waals surface area contributed by atoms with E-state index in [1.54, 1.807) is 0 Å². The number of hydrogen-bond donors (Lipinski definition) is 1. The van der Waals surface area contributed by atoms with Crippen LogP contribution in [-0.2, 0) is 0 Å². The fourth-order valence-electron chi connectivity index (χ4n) is 2.51. The van der Waals surface area contributed by atoms with Gasteiger partial charge in [0.15, 0.2) is 0 Å². The number of pyridine rings is 1. The quantitative estimate of drug-likeness (QED) is 0.733. The largest absolute Gasteiger partial charge is 0.316 e. The first-order valence-corrected chi connectivity index (χ1v) is 5.40. The van der Waals surface area contributed by atoms with Crippen molar-refractivity contribution in [2.45, 2.75) is 19.8 Å². The number of nitrogens with one attached hydrogen (secondary N) is 1. The molecule has 2 nitrogen and oxygen atoms in total. The number of aromatic nitrogens is 1. The lowest BCUT2D eigenvalue weighted by molar-refractivity contribution is 0.264. The lowest BCUT2D eigenvalue weighted by Gasteiger charge is -2.34. The summed E-state index contributed by atoms with van der Waals surface area (Å²) >= 11 is 0. The third kappa shape index (κ3) is 1.80. The summed E-state index contributed by atoms with van der Waals surface area (Å²) in [4.78, 5) is 4.48. The van der Waals surface area contributed by atoms with Crippen molar-refractivity contribution in [3.63, 3.8) is 0 Å². The molecule has 1 aliphatic rings. The molecule has 0 spiro atoms. The highest BCUT2D eigenvalue weighted by atomic mass is 14.9. The summed E-state index contributed by atoms with van der Waals surface area (Å²) in [5, 5.41) is 3.46. The van der Waals surface area contributed by atoms with E-state index in [9.17, 15) is 0 Å². The highest BCUT2D eigenvalue weighted by molar-refractivity contribution is 5.13. The Morgan fingerprint density at radius 2 is 1.93 bits per heavy atom. The average molecular weight is 190 g/mol. The Bertz CT molecular complexity index is 274. The first-order valence-electron chi connectivity index (χ1n) is 5.40. The van der Waals surface area contributed by atoms with Gasteiger partial charge in [-0.15, -0.1) is 0 Å². The number of piperidine rings is 1. The van der Waals surface area contributed by atoms with Crippen molar-refractivity contribution >= 4 is 0 Å². The van der Waals surface area contributed by atoms with E-state index in [-0.39, 0.29) is 0 Å². The molecule has 14 heavy (non-hydrogen) atoms. The van der Waals surface area contributed by atoms with Crippen LogP contribution < -0.4 is 5.32 Å². The monoisotopic (exact) mass is 190 g/mol. The van der Waals surface area contributed by atoms with Crippen molar-refractivity contribution in [3.8, 4) is 0 Å². The maximum Gasteiger partial charge on any atom is 0.0440 e. The zero-order valence-corrected chi connectivity index (χ0v) is 8.90. The molecule has 0 bridgehead atoms. The molecule has 1 fully saturated rings. The molecule has 0 aromatic carbocycles. The Kier molecular flexibility index (Phi) is 2.82. The van der Waals surface area contributed by atoms with Crippen LogP contribution in [0.5, 0.6) is 0 Å². The second kappa shape index (κ2) is 4.09. The predicted octanol–water partition coefficient (Wildman–Crippen LogP) is 2.04. The Morgan fingerprint density at radius 1 is 1.21 bits per heavy atom. The maximum absolute atomic E-state index is 4.48. The van der Waals surface area contributed by atoms with Gasteiger partial charge in [-0.05, 0) is 37.1 Å². The molecule has 2 rings (SSSR count). The Hall–Kier alpha value is -0.890. The zero-order valence-electron chi connectivity index (χ0n) is 8.90. The predicted molar refractivity (Wildman–Crippen MR) is 58.2 cm³/mol. The highest BCUT2D eigenvalue weighted by Crippen LogP contribution is 2.32. The van der Waals surface area contributed by atoms with Crippen LogP contribution in [0.2, 0.25) is 0 Å². The molecule has 1 N–H and O–H groups in total. The SMILES string of the molecule is CC1CNCC(C)C1c1ccccn1. The average Bonchev–Trinajstić information content (AvgIpc) is 2.19. The molecule has 0 aliphatic carbocycles. The summed E-state index contributed by atoms with van der Waals surface area (Å²) in [6.07, 6.45) is 1.90. The van der Waals surface area contributed by atoms with E-state index in [1.165, 1.54) is 5.69 Å². The van der Waals surface area contributed by atoms with Gasteiger partial charge in [-0.1, -0.05) is 19.9 Å². The molecular formula is C12H18N2. The molecule has 0 radical (unpaired) electrons. The minimum atomic E-state index is 0.623. The van der Waals surface area contributed by atoms with E-state index in [0.29, 0.717) is 17.8 Å². The lowest BCUT2D eigenvalue weighted by atomic mass is 9.78. The summed E-state index contributed by atoms with van der Waals surface area (Å²) in [7, 11) is 0. The second-order valence-electron chi connectivity index (χ2n) is 4.39. The van der Waals surface area contributed by atoms with Crippen molar-refractivity contribution in [2.75, 3.05) is 13.1 Å². The standard InChI is InChI=1S/C12H18N2/c1-9-7-13-8-10(2)12(9)11-5-3-4-6-14-11/h3-6,9-10,12-13H,7-8H2,1-2H3. The Labute approximate surface area is 85.7 Å². The van der Waals surface area contributed by atoms with Crippen molar-refractivity contribution in [2.24, 2.45) is 11.8 Å². The molecule has 0 amide bonds. The van der Waals surface area contributed by atoms with Crippen molar-refractivity contribution in [3.05, 3.63) is 30.1 Å². The van der Waals surface area contributed by atoms with Gasteiger partial charge in [0.1, 0.15) is 0 Å². The molecule has 2 heteroatoms. The van der Waals surface area contributed by atoms with Crippen LogP contribution in [0.25, 0.3) is 0 Å². The normalized spacial score (nSPS) is 32.9. The van der Waals surface area contributed by atoms with E-state index < -0.39 is 0 Å². The van der Waals surface area contributed by atoms with Crippen LogP contribution in [0.1, 0.15) is 25.5 Å². The van der Waals surface area contributed by atoms with Crippen LogP contribution in [0.3, 0.4) is 0 Å². The van der Waals surface area contributed by atoms with Crippen molar-refractivity contribution < 1.29 is 0 Å². The van der Waals surface area contributed by atoms with Gasteiger partial charge in [-0.3, -0.25) is 4.98 Å². The van der Waals surface area contributed by atoms with Gasteiger partial charge >= 0.3 is 0 Å². The minimum Gasteiger partial charge on any atom is -0.316 e. The third-order valence-electron chi connectivity index (χ3n) is 3.19. The Balaban J connectivity index is 2.23. The fraction of sp³-hybridized carbons (Fsp3) is 0.583. The van der Waals surface area contributed by atoms with E-state index >= 15 is 0 Å². The molecule has 2 unspecified atom stereocenters. The second-order valence-corrected chi connectivity index (χ2v) is 4.39. The van der Waals surface area contributed by atoms with Crippen LogP contribution >= 0.6 is 0 Å². The smallest absolute Gasteiger partial charge is 0.0440 e. The van der Waals surface area contributed by atoms with Crippen LogP contribution in [-0.4, -0.2) is 18.1 Å². The molecule has 1 aliphatic heterocycles. The number of hydrogen-bond acceptors (Lipinski definition) is 2. The summed E-state index contributed by atoms with van der Waals surface area (Å²) in [6, 6.07) is 6.23. The first kappa shape index (κ1) is 9.66. The van der Waals surface area contributed by atoms with E-state index in [0.717, 1.165) is 13.1 Å². The molecule has 1 aromatic rings. The van der Waals surface area contributed by atoms with Crippen LogP contribution in [0, 0.1) is 11.8 Å². The van der Waals surface area contributed by atoms with Gasteiger partial charge in [0.25, 0.3) is 0 Å². The Morgan fingerprint density at radius 3 is 2.50 bits per heavy atom. The molecule has 1 aromatic heterocycles. The molecular weight excluding hydrogens is 172 g/mol. The van der Waals surface area contributed by atoms with Gasteiger partial charge in [0, 0.05) is 17.8 Å². The van der Waals surface area contributed by atoms with E-state index in [1.807, 2.05) is 12.3 Å². The van der Waals surface area contributed by atoms with Crippen molar-refractivity contribution in [1.82, 2.24) is 10.3 Å². The van der Waals surface area contributed by atoms with Crippen LogP contribution in [0.4, 0.5) is 0 Å². The molecule has 0 saturated carbocycles. The van der Waals surface area contributed by atoms with Gasteiger partial charge in [-0.25, -0.2) is 0 Å². The topological polar surface area (TPSA) is 24.9 Å². The first-order chi connectivity index (χ1) is 6.79. The summed E-state index contributed by atoms with van der Waals surface area (Å²) in [5.41, 5.74) is 1.26. The van der Waals surface area contributed by atoms with Gasteiger partial charge in [0.2, 0.25) is 0 Å². The van der Waals surface area contributed by atoms with E-state index in [4.69, 9.17) is 0 Å². The summed E-state index contributed by atoms with van der Waals surface area (Å²) in [5.74, 6) is 2.00. The minimum absolute atomic E-state index is 0.623. The summed E-state index contributed by atoms with van der Waals surface area (Å²) in [6.45, 7) is 6.85. The fourth-order valence-corrected chi connectivity index (χ4v) is 2.51. The third-order valence-corrected chi connectivity index (χ3v) is 3.19. The molecule has 1 saturated heterocycles. The van der Waals surface area contributed by atoms with Crippen LogP contribution in [0.15, 0.2) is 24.4 Å². The molecule has 76 valence electrons. The number of nitrogens with zero attached hydrogens (tertiary/aromatic N) is 1. The number of rotatable bonds is 1. The molecule has 2 atom stereocenters. The maximum atomic E-state index is 4.48. The zero-order chi connectivity index (χ0) is 9.97. The summed E-state index contributed by atoms with van der Waals surface area (Å²) < 4.78 is 0. The van der Waals surface area contributed by atoms with Crippen molar-refractivity contribution in [1.29, 1.82) is 0 Å². The van der Waals surface area contributed by atoms with E-state index in [2.05, 4.69) is 36.3 Å². The lowest BCUT2D eigenvalue weighted by Crippen LogP contribution is -2.40.